The number of carbonyl (C=O) groups excluding carboxylic acids is 1. The molecule has 5 aromatic rings. The number of esters is 1. The van der Waals surface area contributed by atoms with Crippen LogP contribution in [-0.2, 0) is 16.1 Å². The number of carbonyl (C=O) groups is 1. The number of hydrogen-bond acceptors (Lipinski definition) is 7. The van der Waals surface area contributed by atoms with Gasteiger partial charge < -0.3 is 9.30 Å². The minimum absolute atomic E-state index is 0.0319. The molecule has 240 valence electrons. The fraction of sp³-hybridized carbons (Fsp3) is 0.182. The van der Waals surface area contributed by atoms with Crippen molar-refractivity contribution in [1.29, 1.82) is 0 Å². The van der Waals surface area contributed by atoms with Crippen molar-refractivity contribution in [3.8, 4) is 0 Å². The van der Waals surface area contributed by atoms with Crippen molar-refractivity contribution in [3.63, 3.8) is 0 Å². The Bertz CT molecular complexity index is 2270. The number of benzene rings is 3. The molecular formula is C33H24ClF3N4O5S. The molecule has 47 heavy (non-hydrogen) atoms. The van der Waals surface area contributed by atoms with Crippen molar-refractivity contribution < 1.29 is 27.6 Å². The maximum absolute atomic E-state index is 14.5. The molecule has 0 radical (unpaired) electrons. The van der Waals surface area contributed by atoms with Crippen LogP contribution in [0.3, 0.4) is 0 Å². The molecule has 0 spiro atoms. The molecule has 0 unspecified atom stereocenters. The summed E-state index contributed by atoms with van der Waals surface area (Å²) >= 11 is 6.84. The summed E-state index contributed by atoms with van der Waals surface area (Å²) in [6.07, 6.45) is -3.40. The predicted molar refractivity (Wildman–Crippen MR) is 171 cm³/mol. The highest BCUT2D eigenvalue weighted by atomic mass is 35.5. The first-order valence-electron chi connectivity index (χ1n) is 14.3. The van der Waals surface area contributed by atoms with Gasteiger partial charge in [-0.3, -0.25) is 19.5 Å². The lowest BCUT2D eigenvalue weighted by Crippen LogP contribution is -2.41. The first-order valence-corrected chi connectivity index (χ1v) is 15.4. The number of para-hydroxylation sites is 1. The van der Waals surface area contributed by atoms with Crippen LogP contribution in [0, 0.1) is 17.0 Å². The average Bonchev–Trinajstić information content (AvgIpc) is 3.49. The maximum Gasteiger partial charge on any atom is 0.434 e. The molecule has 6 rings (SSSR count). The zero-order valence-corrected chi connectivity index (χ0v) is 26.3. The summed E-state index contributed by atoms with van der Waals surface area (Å²) in [5.74, 6) is -1.23. The number of thiazole rings is 1. The zero-order valence-electron chi connectivity index (χ0n) is 24.7. The van der Waals surface area contributed by atoms with E-state index in [2.05, 4.69) is 4.99 Å². The second kappa shape index (κ2) is 12.3. The largest absolute Gasteiger partial charge is 0.463 e. The number of nitro benzene ring substituents is 1. The number of alkyl halides is 3. The van der Waals surface area contributed by atoms with Crippen molar-refractivity contribution in [2.75, 3.05) is 6.61 Å². The molecule has 14 heteroatoms. The van der Waals surface area contributed by atoms with E-state index in [0.29, 0.717) is 17.1 Å². The highest BCUT2D eigenvalue weighted by Gasteiger charge is 2.45. The lowest BCUT2D eigenvalue weighted by Gasteiger charge is -2.26. The third-order valence-electron chi connectivity index (χ3n) is 7.82. The number of fused-ring (bicyclic) bond motifs is 2. The van der Waals surface area contributed by atoms with Gasteiger partial charge in [0.1, 0.15) is 0 Å². The average molecular weight is 681 g/mol. The fourth-order valence-corrected chi connectivity index (χ4v) is 6.79. The van der Waals surface area contributed by atoms with Crippen LogP contribution in [0.1, 0.15) is 35.3 Å². The summed E-state index contributed by atoms with van der Waals surface area (Å²) in [5.41, 5.74) is 0.377. The topological polar surface area (TPSA) is 109 Å². The van der Waals surface area contributed by atoms with Gasteiger partial charge in [-0.1, -0.05) is 65.4 Å². The molecule has 0 aliphatic carbocycles. The van der Waals surface area contributed by atoms with Crippen LogP contribution in [0.2, 0.25) is 5.02 Å². The molecule has 0 amide bonds. The van der Waals surface area contributed by atoms with E-state index in [9.17, 15) is 32.9 Å². The molecule has 1 aliphatic heterocycles. The Labute approximate surface area is 273 Å². The minimum atomic E-state index is -5.02. The number of allylic oxidation sites excluding steroid dienone is 1. The Balaban J connectivity index is 1.56. The molecular weight excluding hydrogens is 657 g/mol. The highest BCUT2D eigenvalue weighted by Crippen LogP contribution is 2.38. The van der Waals surface area contributed by atoms with E-state index in [1.54, 1.807) is 18.2 Å². The first-order chi connectivity index (χ1) is 22.4. The molecule has 0 fully saturated rings. The van der Waals surface area contributed by atoms with Gasteiger partial charge in [-0.05, 0) is 49.2 Å². The number of non-ortho nitro benzene ring substituents is 1. The number of ether oxygens (including phenoxy) is 1. The predicted octanol–water partition coefficient (Wildman–Crippen LogP) is 6.21. The summed E-state index contributed by atoms with van der Waals surface area (Å²) < 4.78 is 51.6. The molecule has 1 atom stereocenters. The number of halogens is 4. The molecule has 0 saturated heterocycles. The Morgan fingerprint density at radius 3 is 2.43 bits per heavy atom. The summed E-state index contributed by atoms with van der Waals surface area (Å²) in [5, 5.41) is 12.2. The quantitative estimate of drug-likeness (QED) is 0.115. The Morgan fingerprint density at radius 2 is 1.79 bits per heavy atom. The lowest BCUT2D eigenvalue weighted by atomic mass is 9.95. The molecule has 9 nitrogen and oxygen atoms in total. The van der Waals surface area contributed by atoms with Gasteiger partial charge in [0.05, 0.1) is 27.7 Å². The second-order valence-electron chi connectivity index (χ2n) is 10.6. The molecule has 1 aliphatic rings. The normalized spacial score (nSPS) is 15.1. The Hall–Kier alpha value is -5.01. The number of aromatic nitrogens is 2. The smallest absolute Gasteiger partial charge is 0.434 e. The summed E-state index contributed by atoms with van der Waals surface area (Å²) in [7, 11) is 0. The Kier molecular flexibility index (Phi) is 8.36. The van der Waals surface area contributed by atoms with Gasteiger partial charge in [-0.2, -0.15) is 13.2 Å². The van der Waals surface area contributed by atoms with E-state index in [0.717, 1.165) is 38.1 Å². The van der Waals surface area contributed by atoms with Crippen LogP contribution in [0.25, 0.3) is 17.0 Å². The number of hydrogen-bond donors (Lipinski definition) is 0. The van der Waals surface area contributed by atoms with Gasteiger partial charge >= 0.3 is 12.1 Å². The van der Waals surface area contributed by atoms with E-state index < -0.39 is 39.9 Å². The molecule has 3 heterocycles. The monoisotopic (exact) mass is 680 g/mol. The van der Waals surface area contributed by atoms with E-state index in [-0.39, 0.29) is 27.2 Å². The standard InChI is InChI=1S/C33H24ClF3N4O5S/c1-3-46-31(43)27-28(20-10-12-21(34)13-11-20)40-30(42)26(47-32(40)38-29(27)33(35,36)37)16-24-18(2)39(25-7-5-4-6-23(24)25)17-19-8-14-22(15-9-19)41(44)45/h4-16,28H,3,17H2,1-2H3/b26-16-/t28-/m1/s1. The van der Waals surface area contributed by atoms with Crippen molar-refractivity contribution in [1.82, 2.24) is 9.13 Å². The maximum atomic E-state index is 14.5. The van der Waals surface area contributed by atoms with E-state index >= 15 is 0 Å². The van der Waals surface area contributed by atoms with Crippen LogP contribution in [0.4, 0.5) is 18.9 Å². The number of rotatable bonds is 7. The molecule has 2 aromatic heterocycles. The van der Waals surface area contributed by atoms with Gasteiger partial charge in [0, 0.05) is 45.9 Å². The number of nitrogens with zero attached hydrogens (tertiary/aromatic N) is 4. The first kappa shape index (κ1) is 32.0. The van der Waals surface area contributed by atoms with Crippen LogP contribution >= 0.6 is 22.9 Å². The SMILES string of the molecule is CCOC(=O)C1=C(C(F)(F)F)N=c2s/c(=C\c3c(C)n(Cc4ccc([N+](=O)[O-])cc4)c4ccccc34)c(=O)n2[C@@H]1c1ccc(Cl)cc1. The van der Waals surface area contributed by atoms with Gasteiger partial charge in [0.15, 0.2) is 10.5 Å². The third-order valence-corrected chi connectivity index (χ3v) is 9.06. The molecule has 0 N–H and O–H groups in total. The van der Waals surface area contributed by atoms with E-state index in [1.807, 2.05) is 35.8 Å². The molecule has 0 saturated carbocycles. The summed E-state index contributed by atoms with van der Waals surface area (Å²) in [6.45, 7) is 3.51. The van der Waals surface area contributed by atoms with Crippen molar-refractivity contribution in [3.05, 3.63) is 141 Å². The van der Waals surface area contributed by atoms with Crippen molar-refractivity contribution in [2.24, 2.45) is 4.99 Å². The highest BCUT2D eigenvalue weighted by molar-refractivity contribution is 7.07. The fourth-order valence-electron chi connectivity index (χ4n) is 5.68. The summed E-state index contributed by atoms with van der Waals surface area (Å²) in [4.78, 5) is 41.5. The van der Waals surface area contributed by atoms with Gasteiger partial charge in [0.25, 0.3) is 11.2 Å². The van der Waals surface area contributed by atoms with Crippen LogP contribution in [0.5, 0.6) is 0 Å². The van der Waals surface area contributed by atoms with Crippen LogP contribution in [-0.4, -0.2) is 32.8 Å². The van der Waals surface area contributed by atoms with Crippen LogP contribution < -0.4 is 14.9 Å². The van der Waals surface area contributed by atoms with E-state index in [1.165, 1.54) is 43.3 Å². The third kappa shape index (κ3) is 5.87. The van der Waals surface area contributed by atoms with Gasteiger partial charge in [-0.15, -0.1) is 0 Å². The molecule has 3 aromatic carbocycles. The van der Waals surface area contributed by atoms with Crippen molar-refractivity contribution in [2.45, 2.75) is 32.6 Å². The van der Waals surface area contributed by atoms with Crippen LogP contribution in [0.15, 0.2) is 93.9 Å². The van der Waals surface area contributed by atoms with Gasteiger partial charge in [-0.25, -0.2) is 9.79 Å². The second-order valence-corrected chi connectivity index (χ2v) is 12.1. The zero-order chi connectivity index (χ0) is 33.6. The van der Waals surface area contributed by atoms with Gasteiger partial charge in [0.2, 0.25) is 0 Å². The lowest BCUT2D eigenvalue weighted by molar-refractivity contribution is -0.384. The minimum Gasteiger partial charge on any atom is -0.463 e. The van der Waals surface area contributed by atoms with E-state index in [4.69, 9.17) is 16.3 Å². The molecule has 0 bridgehead atoms. The Morgan fingerprint density at radius 1 is 1.11 bits per heavy atom. The van der Waals surface area contributed by atoms with Crippen molar-refractivity contribution >= 4 is 51.6 Å². The summed E-state index contributed by atoms with van der Waals surface area (Å²) in [6, 6.07) is 18.0. The number of nitro groups is 1.